The van der Waals surface area contributed by atoms with Crippen molar-refractivity contribution in [3.8, 4) is 0 Å². The van der Waals surface area contributed by atoms with Crippen molar-refractivity contribution >= 4 is 15.8 Å². The van der Waals surface area contributed by atoms with Gasteiger partial charge in [-0.15, -0.1) is 15.8 Å². The third kappa shape index (κ3) is 6.93. The minimum absolute atomic E-state index is 0.308. The Morgan fingerprint density at radius 1 is 0.433 bits per heavy atom. The molecule has 0 nitrogen and oxygen atoms in total. The highest BCUT2D eigenvalue weighted by molar-refractivity contribution is 7.60. The molecule has 4 fully saturated rings. The van der Waals surface area contributed by atoms with E-state index in [1.807, 2.05) is 0 Å². The summed E-state index contributed by atoms with van der Waals surface area (Å²) >= 11 is 0. The number of hydrogen-bond donors (Lipinski definition) is 0. The van der Waals surface area contributed by atoms with Crippen LogP contribution in [-0.2, 0) is 0 Å². The predicted molar refractivity (Wildman–Crippen MR) is 140 cm³/mol. The maximum atomic E-state index is 2.72. The summed E-state index contributed by atoms with van der Waals surface area (Å²) in [5.41, 5.74) is 4.65. The summed E-state index contributed by atoms with van der Waals surface area (Å²) in [5.74, 6) is 1.04. The molecule has 2 heteroatoms. The molecule has 0 spiro atoms. The Morgan fingerprint density at radius 2 is 0.667 bits per heavy atom. The van der Waals surface area contributed by atoms with Crippen molar-refractivity contribution < 1.29 is 0 Å². The van der Waals surface area contributed by atoms with E-state index in [0.29, 0.717) is 15.8 Å². The highest BCUT2D eigenvalue weighted by Crippen LogP contribution is 2.60. The van der Waals surface area contributed by atoms with Crippen LogP contribution in [-0.4, -0.2) is 35.0 Å². The van der Waals surface area contributed by atoms with Gasteiger partial charge in [0.05, 0.1) is 0 Å². The van der Waals surface area contributed by atoms with Gasteiger partial charge in [0.1, 0.15) is 0 Å². The molecule has 0 aliphatic heterocycles. The molecule has 0 N–H and O–H groups in total. The molecule has 0 bridgehead atoms. The zero-order valence-corrected chi connectivity index (χ0v) is 22.1. The molecule has 0 saturated heterocycles. The van der Waals surface area contributed by atoms with Crippen molar-refractivity contribution in [1.82, 2.24) is 0 Å². The topological polar surface area (TPSA) is 0 Å². The van der Waals surface area contributed by atoms with Crippen LogP contribution in [0.2, 0.25) is 0 Å². The molecular weight excluding hydrogens is 398 g/mol. The van der Waals surface area contributed by atoms with Crippen molar-refractivity contribution in [2.45, 2.75) is 158 Å². The van der Waals surface area contributed by atoms with Gasteiger partial charge in [-0.2, -0.15) is 0 Å². The monoisotopic (exact) mass is 450 g/mol. The molecule has 0 heterocycles. The lowest BCUT2D eigenvalue weighted by molar-refractivity contribution is 0.478. The summed E-state index contributed by atoms with van der Waals surface area (Å²) in [5, 5.41) is 0. The van der Waals surface area contributed by atoms with Crippen LogP contribution in [0.5, 0.6) is 0 Å². The molecule has 4 saturated carbocycles. The summed E-state index contributed by atoms with van der Waals surface area (Å²) < 4.78 is 0. The van der Waals surface area contributed by atoms with Crippen LogP contribution in [0.4, 0.5) is 0 Å². The first-order chi connectivity index (χ1) is 14.8. The fourth-order valence-electron chi connectivity index (χ4n) is 7.62. The van der Waals surface area contributed by atoms with Crippen LogP contribution in [0.25, 0.3) is 0 Å². The summed E-state index contributed by atoms with van der Waals surface area (Å²) in [4.78, 5) is 0. The number of hydrogen-bond acceptors (Lipinski definition) is 0. The van der Waals surface area contributed by atoms with E-state index in [1.54, 1.807) is 115 Å². The Labute approximate surface area is 192 Å². The lowest BCUT2D eigenvalue weighted by atomic mass is 9.99. The van der Waals surface area contributed by atoms with Gasteiger partial charge in [0.2, 0.25) is 0 Å². The molecule has 4 aliphatic rings. The van der Waals surface area contributed by atoms with Gasteiger partial charge in [-0.1, -0.05) is 84.0 Å². The van der Waals surface area contributed by atoms with E-state index in [0.717, 1.165) is 28.6 Å². The van der Waals surface area contributed by atoms with E-state index < -0.39 is 0 Å². The molecule has 0 atom stereocenters. The first-order valence-corrected chi connectivity index (χ1v) is 17.7. The standard InChI is InChI=1S/C28H52P2/c1-24(22-29(25-14-6-2-7-15-25)26-16-8-3-9-17-26)23-30(27-18-10-4-11-19-27)28-20-12-5-13-21-28/h24-28H,2-23H2,1H3. The first kappa shape index (κ1) is 24.0. The van der Waals surface area contributed by atoms with Crippen molar-refractivity contribution in [3.63, 3.8) is 0 Å². The molecule has 4 aliphatic carbocycles. The Morgan fingerprint density at radius 3 is 0.900 bits per heavy atom. The van der Waals surface area contributed by atoms with Gasteiger partial charge in [-0.05, 0) is 92.2 Å². The average molecular weight is 451 g/mol. The molecule has 0 aromatic heterocycles. The van der Waals surface area contributed by atoms with Crippen molar-refractivity contribution in [2.24, 2.45) is 5.92 Å². The zero-order chi connectivity index (χ0) is 20.6. The number of rotatable bonds is 8. The predicted octanol–water partition coefficient (Wildman–Crippen LogP) is 9.92. The van der Waals surface area contributed by atoms with Gasteiger partial charge in [-0.3, -0.25) is 0 Å². The Bertz CT molecular complexity index is 375. The Balaban J connectivity index is 1.40. The fourth-order valence-corrected chi connectivity index (χ4v) is 16.0. The fraction of sp³-hybridized carbons (Fsp3) is 1.00. The summed E-state index contributed by atoms with van der Waals surface area (Å²) in [6.07, 6.45) is 34.8. The minimum atomic E-state index is 0.308. The van der Waals surface area contributed by atoms with Gasteiger partial charge in [0, 0.05) is 0 Å². The van der Waals surface area contributed by atoms with E-state index in [-0.39, 0.29) is 0 Å². The maximum Gasteiger partial charge on any atom is -0.0207 e. The second-order valence-corrected chi connectivity index (χ2v) is 17.4. The molecule has 0 radical (unpaired) electrons. The van der Waals surface area contributed by atoms with E-state index >= 15 is 0 Å². The third-order valence-electron chi connectivity index (χ3n) is 9.22. The molecule has 0 unspecified atom stereocenters. The Hall–Kier alpha value is 0.860. The normalized spacial score (nSPS) is 26.8. The van der Waals surface area contributed by atoms with Gasteiger partial charge in [0.15, 0.2) is 0 Å². The molecule has 174 valence electrons. The van der Waals surface area contributed by atoms with Crippen molar-refractivity contribution in [3.05, 3.63) is 0 Å². The average Bonchev–Trinajstić information content (AvgIpc) is 2.83. The largest absolute Gasteiger partial charge is 0.100 e. The smallest absolute Gasteiger partial charge is 0.0207 e. The van der Waals surface area contributed by atoms with E-state index in [2.05, 4.69) is 6.92 Å². The van der Waals surface area contributed by atoms with Crippen molar-refractivity contribution in [1.29, 1.82) is 0 Å². The van der Waals surface area contributed by atoms with Crippen LogP contribution >= 0.6 is 15.8 Å². The zero-order valence-electron chi connectivity index (χ0n) is 20.3. The van der Waals surface area contributed by atoms with E-state index in [1.165, 1.54) is 25.7 Å². The van der Waals surface area contributed by atoms with Crippen LogP contribution in [0, 0.1) is 5.92 Å². The summed E-state index contributed by atoms with van der Waals surface area (Å²) in [6, 6.07) is 0. The van der Waals surface area contributed by atoms with Crippen LogP contribution < -0.4 is 0 Å². The first-order valence-electron chi connectivity index (χ1n) is 14.3. The highest BCUT2D eigenvalue weighted by atomic mass is 31.1. The van der Waals surface area contributed by atoms with Gasteiger partial charge >= 0.3 is 0 Å². The van der Waals surface area contributed by atoms with Gasteiger partial charge in [-0.25, -0.2) is 0 Å². The molecule has 0 amide bonds. The van der Waals surface area contributed by atoms with E-state index in [9.17, 15) is 0 Å². The molecular formula is C28H52P2. The third-order valence-corrected chi connectivity index (χ3v) is 17.1. The lowest BCUT2D eigenvalue weighted by Crippen LogP contribution is -2.27. The van der Waals surface area contributed by atoms with Gasteiger partial charge in [0.25, 0.3) is 0 Å². The van der Waals surface area contributed by atoms with Crippen LogP contribution in [0.15, 0.2) is 0 Å². The SMILES string of the molecule is CC(CP(C1CCCCC1)C1CCCCC1)CP(C1CCCCC1)C1CCCCC1. The Kier molecular flexibility index (Phi) is 10.3. The quantitative estimate of drug-likeness (QED) is 0.323. The van der Waals surface area contributed by atoms with Crippen LogP contribution in [0.1, 0.15) is 135 Å². The maximum absolute atomic E-state index is 2.72. The second kappa shape index (κ2) is 12.9. The minimum Gasteiger partial charge on any atom is -0.100 e. The molecule has 30 heavy (non-hydrogen) atoms. The summed E-state index contributed by atoms with van der Waals surface area (Å²) in [6.45, 7) is 2.72. The molecule has 0 aromatic rings. The van der Waals surface area contributed by atoms with Crippen molar-refractivity contribution in [2.75, 3.05) is 12.3 Å². The highest BCUT2D eigenvalue weighted by Gasteiger charge is 2.35. The lowest BCUT2D eigenvalue weighted by Gasteiger charge is -2.43. The molecule has 0 aromatic carbocycles. The van der Waals surface area contributed by atoms with Crippen LogP contribution in [0.3, 0.4) is 0 Å². The second-order valence-electron chi connectivity index (χ2n) is 11.7. The molecule has 4 rings (SSSR count). The summed E-state index contributed by atoms with van der Waals surface area (Å²) in [7, 11) is 0.617. The van der Waals surface area contributed by atoms with E-state index in [4.69, 9.17) is 0 Å². The van der Waals surface area contributed by atoms with Gasteiger partial charge < -0.3 is 0 Å².